The first-order chi connectivity index (χ1) is 10.2. The van der Waals surface area contributed by atoms with Crippen LogP contribution < -0.4 is 14.8 Å². The van der Waals surface area contributed by atoms with Crippen LogP contribution in [0.4, 0.5) is 5.69 Å². The van der Waals surface area contributed by atoms with Crippen LogP contribution in [0.15, 0.2) is 24.8 Å². The highest BCUT2D eigenvalue weighted by molar-refractivity contribution is 5.85. The van der Waals surface area contributed by atoms with E-state index in [0.29, 0.717) is 17.1 Å². The summed E-state index contributed by atoms with van der Waals surface area (Å²) >= 11 is 0. The van der Waals surface area contributed by atoms with Crippen LogP contribution in [0.25, 0.3) is 0 Å². The number of benzene rings is 1. The molecule has 2 heterocycles. The first kappa shape index (κ1) is 19.5. The smallest absolute Gasteiger partial charge is 0.278 e. The largest absolute Gasteiger partial charge is 0.454 e. The van der Waals surface area contributed by atoms with Gasteiger partial charge in [0, 0.05) is 26.2 Å². The second-order valence-electron chi connectivity index (χ2n) is 4.99. The molecule has 0 saturated carbocycles. The highest BCUT2D eigenvalue weighted by Crippen LogP contribution is 2.41. The van der Waals surface area contributed by atoms with Crippen molar-refractivity contribution in [3.8, 4) is 11.5 Å². The number of hydrogen-bond donors (Lipinski definition) is 1. The van der Waals surface area contributed by atoms with Gasteiger partial charge in [-0.05, 0) is 6.07 Å². The van der Waals surface area contributed by atoms with Gasteiger partial charge in [0.2, 0.25) is 6.79 Å². The summed E-state index contributed by atoms with van der Waals surface area (Å²) < 4.78 is 10.6. The number of fused-ring (bicyclic) bond motifs is 1. The lowest BCUT2D eigenvalue weighted by Crippen LogP contribution is -2.44. The summed E-state index contributed by atoms with van der Waals surface area (Å²) in [7, 11) is 0. The third-order valence-electron chi connectivity index (χ3n) is 3.81. The minimum Gasteiger partial charge on any atom is -0.454 e. The fourth-order valence-corrected chi connectivity index (χ4v) is 2.78. The molecule has 0 amide bonds. The number of nitro groups is 1. The Bertz CT molecular complexity index is 579. The molecule has 2 aliphatic rings. The maximum absolute atomic E-state index is 11.4. The van der Waals surface area contributed by atoms with Gasteiger partial charge in [-0.3, -0.25) is 15.0 Å². The molecule has 3 rings (SSSR count). The number of rotatable bonds is 4. The Morgan fingerprint density at radius 1 is 1.26 bits per heavy atom. The molecule has 7 nitrogen and oxygen atoms in total. The number of nitro benzene ring substituents is 1. The Labute approximate surface area is 146 Å². The maximum Gasteiger partial charge on any atom is 0.278 e. The summed E-state index contributed by atoms with van der Waals surface area (Å²) in [6.45, 7) is 7.32. The monoisotopic (exact) mass is 363 g/mol. The minimum atomic E-state index is -0.379. The number of halogens is 2. The van der Waals surface area contributed by atoms with Crippen molar-refractivity contribution in [2.24, 2.45) is 0 Å². The fraction of sp³-hybridized carbons (Fsp3) is 0.429. The van der Waals surface area contributed by atoms with Gasteiger partial charge in [-0.2, -0.15) is 0 Å². The average Bonchev–Trinajstić information content (AvgIpc) is 2.95. The van der Waals surface area contributed by atoms with Gasteiger partial charge in [0.1, 0.15) is 0 Å². The fourth-order valence-electron chi connectivity index (χ4n) is 2.78. The topological polar surface area (TPSA) is 76.9 Å². The highest BCUT2D eigenvalue weighted by Gasteiger charge is 2.30. The average molecular weight is 364 g/mol. The molecule has 9 heteroatoms. The molecule has 23 heavy (non-hydrogen) atoms. The van der Waals surface area contributed by atoms with E-state index < -0.39 is 0 Å². The second-order valence-corrected chi connectivity index (χ2v) is 4.99. The van der Waals surface area contributed by atoms with Gasteiger partial charge in [0.05, 0.1) is 22.6 Å². The van der Waals surface area contributed by atoms with E-state index in [9.17, 15) is 10.1 Å². The summed E-state index contributed by atoms with van der Waals surface area (Å²) in [6.07, 6.45) is 1.75. The van der Waals surface area contributed by atoms with E-state index in [-0.39, 0.29) is 48.3 Å². The van der Waals surface area contributed by atoms with Crippen LogP contribution in [0, 0.1) is 10.1 Å². The molecule has 0 bridgehead atoms. The number of nitrogens with one attached hydrogen (secondary N) is 1. The quantitative estimate of drug-likeness (QED) is 0.502. The van der Waals surface area contributed by atoms with E-state index >= 15 is 0 Å². The van der Waals surface area contributed by atoms with Gasteiger partial charge in [0.25, 0.3) is 5.69 Å². The predicted octanol–water partition coefficient (Wildman–Crippen LogP) is 2.30. The second kappa shape index (κ2) is 8.35. The van der Waals surface area contributed by atoms with Crippen LogP contribution in [0.2, 0.25) is 0 Å². The van der Waals surface area contributed by atoms with Gasteiger partial charge in [-0.1, -0.05) is 6.08 Å². The van der Waals surface area contributed by atoms with E-state index in [1.54, 1.807) is 12.1 Å². The summed E-state index contributed by atoms with van der Waals surface area (Å²) in [4.78, 5) is 13.2. The molecule has 0 aliphatic carbocycles. The van der Waals surface area contributed by atoms with Crippen LogP contribution in [0.3, 0.4) is 0 Å². The van der Waals surface area contributed by atoms with Crippen molar-refractivity contribution < 1.29 is 14.4 Å². The normalized spacial score (nSPS) is 17.6. The Hall–Kier alpha value is -1.54. The third kappa shape index (κ3) is 3.87. The summed E-state index contributed by atoms with van der Waals surface area (Å²) in [5.41, 5.74) is 0.642. The van der Waals surface area contributed by atoms with E-state index in [4.69, 9.17) is 9.47 Å². The lowest BCUT2D eigenvalue weighted by Gasteiger charge is -2.33. The number of piperazine rings is 1. The Kier molecular flexibility index (Phi) is 7.08. The van der Waals surface area contributed by atoms with E-state index in [0.717, 1.165) is 26.2 Å². The molecule has 0 spiro atoms. The molecule has 1 N–H and O–H groups in total. The lowest BCUT2D eigenvalue weighted by atomic mass is 10.0. The predicted molar refractivity (Wildman–Crippen MR) is 91.1 cm³/mol. The van der Waals surface area contributed by atoms with Crippen molar-refractivity contribution >= 4 is 30.5 Å². The first-order valence-corrected chi connectivity index (χ1v) is 6.86. The molecular weight excluding hydrogens is 345 g/mol. The van der Waals surface area contributed by atoms with Crippen LogP contribution in [0.1, 0.15) is 11.6 Å². The number of nitrogens with zero attached hydrogens (tertiary/aromatic N) is 2. The number of ether oxygens (including phenoxy) is 2. The van der Waals surface area contributed by atoms with Gasteiger partial charge < -0.3 is 14.8 Å². The van der Waals surface area contributed by atoms with Crippen molar-refractivity contribution in [1.82, 2.24) is 10.2 Å². The molecule has 1 fully saturated rings. The van der Waals surface area contributed by atoms with Crippen LogP contribution in [-0.2, 0) is 0 Å². The molecule has 1 saturated heterocycles. The Morgan fingerprint density at radius 3 is 2.43 bits per heavy atom. The summed E-state index contributed by atoms with van der Waals surface area (Å²) in [5.74, 6) is 0.978. The van der Waals surface area contributed by atoms with Crippen molar-refractivity contribution in [3.63, 3.8) is 0 Å². The zero-order chi connectivity index (χ0) is 14.8. The van der Waals surface area contributed by atoms with Crippen molar-refractivity contribution in [1.29, 1.82) is 0 Å². The Morgan fingerprint density at radius 2 is 1.87 bits per heavy atom. The van der Waals surface area contributed by atoms with Crippen molar-refractivity contribution in [2.75, 3.05) is 33.0 Å². The summed E-state index contributed by atoms with van der Waals surface area (Å²) in [6, 6.07) is 2.94. The molecular formula is C14H19Cl2N3O4. The first-order valence-electron chi connectivity index (χ1n) is 6.86. The number of hydrogen-bond acceptors (Lipinski definition) is 6. The van der Waals surface area contributed by atoms with Crippen LogP contribution in [-0.4, -0.2) is 42.8 Å². The molecule has 1 aromatic rings. The van der Waals surface area contributed by atoms with Gasteiger partial charge in [0.15, 0.2) is 11.5 Å². The van der Waals surface area contributed by atoms with Gasteiger partial charge in [-0.15, -0.1) is 31.4 Å². The lowest BCUT2D eigenvalue weighted by molar-refractivity contribution is -0.385. The van der Waals surface area contributed by atoms with Gasteiger partial charge >= 0.3 is 0 Å². The van der Waals surface area contributed by atoms with E-state index in [1.807, 2.05) is 0 Å². The molecule has 2 aliphatic heterocycles. The van der Waals surface area contributed by atoms with Crippen molar-refractivity contribution in [3.05, 3.63) is 40.5 Å². The van der Waals surface area contributed by atoms with Crippen LogP contribution >= 0.6 is 24.8 Å². The van der Waals surface area contributed by atoms with Crippen LogP contribution in [0.5, 0.6) is 11.5 Å². The van der Waals surface area contributed by atoms with E-state index in [2.05, 4.69) is 16.8 Å². The SMILES string of the molecule is C=C[C@H](c1cc2c(cc1[N+](=O)[O-])OCO2)N1CCNCC1.Cl.Cl. The zero-order valence-electron chi connectivity index (χ0n) is 12.4. The zero-order valence-corrected chi connectivity index (χ0v) is 14.0. The molecule has 128 valence electrons. The summed E-state index contributed by atoms with van der Waals surface area (Å²) in [5, 5.41) is 14.6. The van der Waals surface area contributed by atoms with Gasteiger partial charge in [-0.25, -0.2) is 0 Å². The molecule has 0 radical (unpaired) electrons. The minimum absolute atomic E-state index is 0. The molecule has 0 unspecified atom stereocenters. The highest BCUT2D eigenvalue weighted by atomic mass is 35.5. The molecule has 0 aromatic heterocycles. The molecule has 1 aromatic carbocycles. The standard InChI is InChI=1S/C14H17N3O4.2ClH/c1-2-11(16-5-3-15-4-6-16)10-7-13-14(21-9-20-13)8-12(10)17(18)19;;/h2,7-8,11,15H,1,3-6,9H2;2*1H/t11-;;/m1../s1. The van der Waals surface area contributed by atoms with E-state index in [1.165, 1.54) is 6.07 Å². The van der Waals surface area contributed by atoms with Crippen molar-refractivity contribution in [2.45, 2.75) is 6.04 Å². The third-order valence-corrected chi connectivity index (χ3v) is 3.81. The maximum atomic E-state index is 11.4. The molecule has 1 atom stereocenters. The Balaban J connectivity index is 0.00000132.